The van der Waals surface area contributed by atoms with Crippen LogP contribution >= 0.6 is 0 Å². The van der Waals surface area contributed by atoms with Crippen LogP contribution in [0.15, 0.2) is 36.5 Å². The van der Waals surface area contributed by atoms with E-state index in [1.54, 1.807) is 0 Å². The number of ether oxygens (including phenoxy) is 6. The molecule has 0 saturated carbocycles. The molecule has 7 N–H and O–H groups in total. The number of rotatable bonds is 37. The second-order valence-corrected chi connectivity index (χ2v) is 16.9. The zero-order valence-corrected chi connectivity index (χ0v) is 38.1. The first-order valence-corrected chi connectivity index (χ1v) is 24.1. The van der Waals surface area contributed by atoms with E-state index in [9.17, 15) is 40.5 Å². The van der Waals surface area contributed by atoms with Crippen LogP contribution in [-0.4, -0.2) is 142 Å². The summed E-state index contributed by atoms with van der Waals surface area (Å²) in [7, 11) is 0. The summed E-state index contributed by atoms with van der Waals surface area (Å²) in [5.74, 6) is -0.387. The first kappa shape index (κ1) is 56.3. The molecule has 2 fully saturated rings. The lowest BCUT2D eigenvalue weighted by atomic mass is 9.98. The molecule has 0 spiro atoms. The smallest absolute Gasteiger partial charge is 0.306 e. The van der Waals surface area contributed by atoms with Crippen LogP contribution < -0.4 is 0 Å². The minimum absolute atomic E-state index is 0.0592. The highest BCUT2D eigenvalue weighted by molar-refractivity contribution is 5.69. The third kappa shape index (κ3) is 24.5. The molecule has 0 amide bonds. The molecule has 0 aromatic rings. The molecular formula is C48H86O14. The molecule has 0 bridgehead atoms. The number of hydrogen-bond acceptors (Lipinski definition) is 14. The molecule has 0 aromatic heterocycles. The molecule has 2 aliphatic rings. The standard InChI is InChI=1S/C48H86O14/c1-3-5-7-9-11-13-15-16-17-18-19-20-21-23-25-27-29-31-40(50)60-37(34-57-32-30-28-26-24-22-14-12-10-8-6-4-2)35-58-47-46(56)44(54)42(52)39(62-47)36-59-48-45(55)43(53)41(51)38(33-49)61-48/h5,7,11,13,16-17,37-39,41-49,51-56H,3-4,6,8-10,12,14-15,18-36H2,1-2H3/b7-5-,13-11-,17-16-. The van der Waals surface area contributed by atoms with E-state index in [0.717, 1.165) is 64.2 Å². The van der Waals surface area contributed by atoms with Crippen molar-refractivity contribution in [2.75, 3.05) is 33.0 Å². The van der Waals surface area contributed by atoms with Crippen LogP contribution in [-0.2, 0) is 33.2 Å². The Morgan fingerprint density at radius 3 is 1.65 bits per heavy atom. The average molecular weight is 887 g/mol. The number of allylic oxidation sites excluding steroid dienone is 6. The van der Waals surface area contributed by atoms with Crippen molar-refractivity contribution in [3.8, 4) is 0 Å². The lowest BCUT2D eigenvalue weighted by Crippen LogP contribution is -2.61. The van der Waals surface area contributed by atoms with E-state index in [2.05, 4.69) is 50.3 Å². The van der Waals surface area contributed by atoms with Gasteiger partial charge in [-0.25, -0.2) is 0 Å². The first-order chi connectivity index (χ1) is 30.1. The van der Waals surface area contributed by atoms with Crippen LogP contribution in [0.25, 0.3) is 0 Å². The Labute approximate surface area is 372 Å². The SMILES string of the molecule is CC/C=C\C/C=C\C/C=C\CCCCCCCCCC(=O)OC(COCCCCCCCCCCCCC)COC1OC(COC2OC(CO)C(O)C(O)C2O)C(O)C(O)C1O. The van der Waals surface area contributed by atoms with Crippen molar-refractivity contribution in [1.82, 2.24) is 0 Å². The summed E-state index contributed by atoms with van der Waals surface area (Å²) in [6.45, 7) is 3.55. The van der Waals surface area contributed by atoms with E-state index < -0.39 is 80.7 Å². The summed E-state index contributed by atoms with van der Waals surface area (Å²) in [4.78, 5) is 13.0. The maximum Gasteiger partial charge on any atom is 0.306 e. The minimum atomic E-state index is -1.71. The van der Waals surface area contributed by atoms with Crippen molar-refractivity contribution in [2.45, 2.75) is 229 Å². The van der Waals surface area contributed by atoms with Crippen molar-refractivity contribution in [2.24, 2.45) is 0 Å². The monoisotopic (exact) mass is 887 g/mol. The highest BCUT2D eigenvalue weighted by atomic mass is 16.7. The molecular weight excluding hydrogens is 801 g/mol. The van der Waals surface area contributed by atoms with Gasteiger partial charge >= 0.3 is 5.97 Å². The summed E-state index contributed by atoms with van der Waals surface area (Å²) in [5.41, 5.74) is 0. The largest absolute Gasteiger partial charge is 0.457 e. The number of carbonyl (C=O) groups excluding carboxylic acids is 1. The molecule has 2 saturated heterocycles. The maximum atomic E-state index is 13.0. The Morgan fingerprint density at radius 2 is 1.05 bits per heavy atom. The van der Waals surface area contributed by atoms with Crippen LogP contribution in [0, 0.1) is 0 Å². The van der Waals surface area contributed by atoms with Crippen LogP contribution in [0.2, 0.25) is 0 Å². The van der Waals surface area contributed by atoms with E-state index in [1.807, 2.05) is 0 Å². The van der Waals surface area contributed by atoms with E-state index >= 15 is 0 Å². The fourth-order valence-corrected chi connectivity index (χ4v) is 7.47. The van der Waals surface area contributed by atoms with Gasteiger partial charge in [0.2, 0.25) is 0 Å². The van der Waals surface area contributed by atoms with Crippen molar-refractivity contribution >= 4 is 5.97 Å². The zero-order chi connectivity index (χ0) is 45.2. The van der Waals surface area contributed by atoms with E-state index in [1.165, 1.54) is 70.6 Å². The van der Waals surface area contributed by atoms with Gasteiger partial charge in [-0.3, -0.25) is 4.79 Å². The van der Waals surface area contributed by atoms with Gasteiger partial charge in [0.25, 0.3) is 0 Å². The Kier molecular flexibility index (Phi) is 33.1. The molecule has 2 heterocycles. The lowest BCUT2D eigenvalue weighted by molar-refractivity contribution is -0.332. The molecule has 11 atom stereocenters. The fraction of sp³-hybridized carbons (Fsp3) is 0.854. The Morgan fingerprint density at radius 1 is 0.548 bits per heavy atom. The second-order valence-electron chi connectivity index (χ2n) is 16.9. The van der Waals surface area contributed by atoms with Gasteiger partial charge in [0, 0.05) is 13.0 Å². The predicted molar refractivity (Wildman–Crippen MR) is 238 cm³/mol. The normalized spacial score (nSPS) is 27.5. The number of unbranched alkanes of at least 4 members (excludes halogenated alkanes) is 17. The Hall–Kier alpha value is -1.79. The zero-order valence-electron chi connectivity index (χ0n) is 38.1. The second kappa shape index (κ2) is 36.4. The van der Waals surface area contributed by atoms with Crippen molar-refractivity contribution in [3.63, 3.8) is 0 Å². The average Bonchev–Trinajstić information content (AvgIpc) is 3.27. The van der Waals surface area contributed by atoms with Crippen LogP contribution in [0.5, 0.6) is 0 Å². The van der Waals surface area contributed by atoms with E-state index in [-0.39, 0.29) is 25.6 Å². The summed E-state index contributed by atoms with van der Waals surface area (Å²) >= 11 is 0. The third-order valence-electron chi connectivity index (χ3n) is 11.4. The quantitative estimate of drug-likeness (QED) is 0.0209. The summed E-state index contributed by atoms with van der Waals surface area (Å²) in [5, 5.41) is 72.0. The Balaban J connectivity index is 1.79. The predicted octanol–water partition coefficient (Wildman–Crippen LogP) is 6.24. The van der Waals surface area contributed by atoms with Gasteiger partial charge in [-0.15, -0.1) is 0 Å². The minimum Gasteiger partial charge on any atom is -0.457 e. The van der Waals surface area contributed by atoms with Gasteiger partial charge in [-0.2, -0.15) is 0 Å². The molecule has 362 valence electrons. The summed E-state index contributed by atoms with van der Waals surface area (Å²) in [6, 6.07) is 0. The van der Waals surface area contributed by atoms with Gasteiger partial charge in [-0.05, 0) is 44.9 Å². The number of hydrogen-bond donors (Lipinski definition) is 7. The van der Waals surface area contributed by atoms with Crippen LogP contribution in [0.4, 0.5) is 0 Å². The van der Waals surface area contributed by atoms with Crippen molar-refractivity contribution in [1.29, 1.82) is 0 Å². The Bertz CT molecular complexity index is 1170. The highest BCUT2D eigenvalue weighted by Crippen LogP contribution is 2.26. The number of aliphatic hydroxyl groups excluding tert-OH is 7. The molecule has 0 aliphatic carbocycles. The van der Waals surface area contributed by atoms with Gasteiger partial charge in [-0.1, -0.05) is 147 Å². The van der Waals surface area contributed by atoms with Gasteiger partial charge in [0.05, 0.1) is 26.4 Å². The van der Waals surface area contributed by atoms with Crippen molar-refractivity contribution < 1.29 is 69.0 Å². The molecule has 14 heteroatoms. The summed E-state index contributed by atoms with van der Waals surface area (Å²) in [6.07, 6.45) is 22.1. The van der Waals surface area contributed by atoms with Gasteiger partial charge in [0.1, 0.15) is 54.9 Å². The fourth-order valence-electron chi connectivity index (χ4n) is 7.47. The molecule has 11 unspecified atom stereocenters. The van der Waals surface area contributed by atoms with Gasteiger partial charge < -0.3 is 64.2 Å². The van der Waals surface area contributed by atoms with Crippen LogP contribution in [0.1, 0.15) is 162 Å². The third-order valence-corrected chi connectivity index (χ3v) is 11.4. The molecule has 0 radical (unpaired) electrons. The first-order valence-electron chi connectivity index (χ1n) is 24.1. The van der Waals surface area contributed by atoms with Crippen molar-refractivity contribution in [3.05, 3.63) is 36.5 Å². The van der Waals surface area contributed by atoms with E-state index in [0.29, 0.717) is 13.0 Å². The molecule has 14 nitrogen and oxygen atoms in total. The molecule has 0 aromatic carbocycles. The number of carbonyl (C=O) groups is 1. The molecule has 2 aliphatic heterocycles. The summed E-state index contributed by atoms with van der Waals surface area (Å²) < 4.78 is 34.2. The maximum absolute atomic E-state index is 13.0. The molecule has 62 heavy (non-hydrogen) atoms. The van der Waals surface area contributed by atoms with Crippen LogP contribution in [0.3, 0.4) is 0 Å². The topological polar surface area (TPSA) is 214 Å². The van der Waals surface area contributed by atoms with Gasteiger partial charge in [0.15, 0.2) is 12.6 Å². The van der Waals surface area contributed by atoms with E-state index in [4.69, 9.17) is 28.4 Å². The number of aliphatic hydroxyl groups is 7. The number of esters is 1. The molecule has 2 rings (SSSR count). The lowest BCUT2D eigenvalue weighted by Gasteiger charge is -2.42. The highest BCUT2D eigenvalue weighted by Gasteiger charge is 2.47.